The Balaban J connectivity index is 0.00000480. The number of halogens is 2. The van der Waals surface area contributed by atoms with Gasteiger partial charge in [0.25, 0.3) is 0 Å². The molecule has 0 radical (unpaired) electrons. The number of benzene rings is 1. The van der Waals surface area contributed by atoms with Gasteiger partial charge in [-0.25, -0.2) is 4.79 Å². The molecule has 1 N–H and O–H groups in total. The van der Waals surface area contributed by atoms with Crippen molar-refractivity contribution in [3.8, 4) is 5.75 Å². The first-order valence-corrected chi connectivity index (χ1v) is 11.8. The summed E-state index contributed by atoms with van der Waals surface area (Å²) < 4.78 is 11.8. The molecular weight excluding hydrogens is 449 g/mol. The number of nitrogens with one attached hydrogen (secondary N) is 1. The standard InChI is InChI=1S/C24H41N3O3.2ClH/c1-4-7-18-29-23-15-11-10-14-22(23)25-24(28)30-21(19-26(5-2)6-3)20-27-16-12-8-9-13-17-27;;/h10-11,14-15,21H,4-9,12-13,16-20H2,1-3H3,(H,25,28);2*1H. The number of rotatable bonds is 12. The second kappa shape index (κ2) is 18.2. The number of carbonyl (C=O) groups excluding carboxylic acids is 1. The highest BCUT2D eigenvalue weighted by molar-refractivity contribution is 5.86. The van der Waals surface area contributed by atoms with Crippen molar-refractivity contribution in [2.45, 2.75) is 65.4 Å². The van der Waals surface area contributed by atoms with Crippen molar-refractivity contribution in [1.29, 1.82) is 0 Å². The molecule has 6 nitrogen and oxygen atoms in total. The molecule has 1 aliphatic rings. The van der Waals surface area contributed by atoms with E-state index in [1.54, 1.807) is 0 Å². The van der Waals surface area contributed by atoms with E-state index in [1.165, 1.54) is 25.7 Å². The molecule has 2 rings (SSSR count). The summed E-state index contributed by atoms with van der Waals surface area (Å²) in [7, 11) is 0. The van der Waals surface area contributed by atoms with Gasteiger partial charge < -0.3 is 14.4 Å². The molecule has 1 heterocycles. The first-order valence-electron chi connectivity index (χ1n) is 11.8. The topological polar surface area (TPSA) is 54.0 Å². The number of para-hydroxylation sites is 2. The van der Waals surface area contributed by atoms with Gasteiger partial charge in [-0.15, -0.1) is 24.8 Å². The van der Waals surface area contributed by atoms with Crippen molar-refractivity contribution in [2.75, 3.05) is 51.2 Å². The van der Waals surface area contributed by atoms with Crippen LogP contribution in [0, 0.1) is 0 Å². The van der Waals surface area contributed by atoms with Gasteiger partial charge in [0.15, 0.2) is 0 Å². The molecule has 1 saturated heterocycles. The average molecular weight is 493 g/mol. The number of carbonyl (C=O) groups is 1. The van der Waals surface area contributed by atoms with Gasteiger partial charge in [0.2, 0.25) is 0 Å². The summed E-state index contributed by atoms with van der Waals surface area (Å²) in [6.45, 7) is 12.7. The van der Waals surface area contributed by atoms with Gasteiger partial charge in [-0.3, -0.25) is 10.2 Å². The quantitative estimate of drug-likeness (QED) is 0.372. The van der Waals surface area contributed by atoms with Gasteiger partial charge in [-0.2, -0.15) is 0 Å². The summed E-state index contributed by atoms with van der Waals surface area (Å²) in [5, 5.41) is 2.90. The van der Waals surface area contributed by atoms with Crippen molar-refractivity contribution >= 4 is 36.6 Å². The van der Waals surface area contributed by atoms with Crippen LogP contribution in [-0.4, -0.2) is 67.9 Å². The van der Waals surface area contributed by atoms with E-state index in [4.69, 9.17) is 9.47 Å². The van der Waals surface area contributed by atoms with Crippen molar-refractivity contribution in [3.05, 3.63) is 24.3 Å². The zero-order valence-corrected chi connectivity index (χ0v) is 21.6. The van der Waals surface area contributed by atoms with Crippen LogP contribution in [0.1, 0.15) is 59.3 Å². The second-order valence-electron chi connectivity index (χ2n) is 8.05. The van der Waals surface area contributed by atoms with Gasteiger partial charge in [-0.05, 0) is 57.6 Å². The Labute approximate surface area is 207 Å². The lowest BCUT2D eigenvalue weighted by Crippen LogP contribution is -2.43. The van der Waals surface area contributed by atoms with Crippen LogP contribution in [0.5, 0.6) is 5.75 Å². The monoisotopic (exact) mass is 491 g/mol. The van der Waals surface area contributed by atoms with Gasteiger partial charge in [-0.1, -0.05) is 52.2 Å². The summed E-state index contributed by atoms with van der Waals surface area (Å²) in [5.74, 6) is 0.690. The smallest absolute Gasteiger partial charge is 0.412 e. The maximum Gasteiger partial charge on any atom is 0.412 e. The van der Waals surface area contributed by atoms with Crippen LogP contribution in [0.15, 0.2) is 24.3 Å². The fourth-order valence-electron chi connectivity index (χ4n) is 3.82. The molecule has 1 aromatic rings. The molecule has 0 spiro atoms. The summed E-state index contributed by atoms with van der Waals surface area (Å²) in [6, 6.07) is 7.56. The van der Waals surface area contributed by atoms with E-state index in [0.717, 1.165) is 52.1 Å². The summed E-state index contributed by atoms with van der Waals surface area (Å²) in [5.41, 5.74) is 0.662. The maximum absolute atomic E-state index is 12.7. The Hall–Kier alpha value is -1.21. The Morgan fingerprint density at radius 1 is 1.06 bits per heavy atom. The molecule has 1 fully saturated rings. The molecule has 1 aliphatic heterocycles. The summed E-state index contributed by atoms with van der Waals surface area (Å²) >= 11 is 0. The minimum absolute atomic E-state index is 0. The fourth-order valence-corrected chi connectivity index (χ4v) is 3.82. The number of unbranched alkanes of at least 4 members (excludes halogenated alkanes) is 1. The molecule has 0 aromatic heterocycles. The van der Waals surface area contributed by atoms with E-state index in [0.29, 0.717) is 18.0 Å². The molecule has 1 atom stereocenters. The molecule has 1 amide bonds. The number of likely N-dealkylation sites (tertiary alicyclic amines) is 1. The molecule has 186 valence electrons. The van der Waals surface area contributed by atoms with E-state index in [1.807, 2.05) is 24.3 Å². The Morgan fingerprint density at radius 3 is 2.34 bits per heavy atom. The Bertz CT molecular complexity index is 610. The summed E-state index contributed by atoms with van der Waals surface area (Å²) in [6.07, 6.45) is 6.55. The van der Waals surface area contributed by atoms with Crippen LogP contribution in [0.2, 0.25) is 0 Å². The van der Waals surface area contributed by atoms with Crippen molar-refractivity contribution < 1.29 is 14.3 Å². The number of ether oxygens (including phenoxy) is 2. The van der Waals surface area contributed by atoms with Crippen molar-refractivity contribution in [3.63, 3.8) is 0 Å². The predicted octanol–water partition coefficient (Wildman–Crippen LogP) is 5.84. The fraction of sp³-hybridized carbons (Fsp3) is 0.708. The lowest BCUT2D eigenvalue weighted by molar-refractivity contribution is 0.0558. The summed E-state index contributed by atoms with van der Waals surface area (Å²) in [4.78, 5) is 17.5. The third-order valence-corrected chi connectivity index (χ3v) is 5.67. The minimum atomic E-state index is -0.409. The lowest BCUT2D eigenvalue weighted by Gasteiger charge is -2.30. The number of hydrogen-bond acceptors (Lipinski definition) is 5. The molecule has 0 aliphatic carbocycles. The second-order valence-corrected chi connectivity index (χ2v) is 8.05. The first-order chi connectivity index (χ1) is 14.7. The van der Waals surface area contributed by atoms with Gasteiger partial charge in [0, 0.05) is 13.1 Å². The van der Waals surface area contributed by atoms with Gasteiger partial charge in [0.1, 0.15) is 11.9 Å². The van der Waals surface area contributed by atoms with E-state index in [9.17, 15) is 4.79 Å². The van der Waals surface area contributed by atoms with E-state index in [-0.39, 0.29) is 30.9 Å². The zero-order valence-electron chi connectivity index (χ0n) is 20.0. The number of anilines is 1. The molecule has 0 bridgehead atoms. The van der Waals surface area contributed by atoms with Crippen LogP contribution in [0.4, 0.5) is 10.5 Å². The highest BCUT2D eigenvalue weighted by Gasteiger charge is 2.22. The Kier molecular flexibility index (Phi) is 17.6. The lowest BCUT2D eigenvalue weighted by atomic mass is 10.2. The first kappa shape index (κ1) is 30.8. The SMILES string of the molecule is CCCCOc1ccccc1NC(=O)OC(CN(CC)CC)CN1CCCCCC1.Cl.Cl. The molecule has 8 heteroatoms. The van der Waals surface area contributed by atoms with E-state index in [2.05, 4.69) is 35.9 Å². The van der Waals surface area contributed by atoms with Crippen LogP contribution in [0.3, 0.4) is 0 Å². The van der Waals surface area contributed by atoms with Crippen LogP contribution in [-0.2, 0) is 4.74 Å². The van der Waals surface area contributed by atoms with E-state index >= 15 is 0 Å². The van der Waals surface area contributed by atoms with Gasteiger partial charge >= 0.3 is 6.09 Å². The van der Waals surface area contributed by atoms with Crippen molar-refractivity contribution in [1.82, 2.24) is 9.80 Å². The molecule has 1 aromatic carbocycles. The third kappa shape index (κ3) is 11.6. The number of hydrogen-bond donors (Lipinski definition) is 1. The number of nitrogens with zero attached hydrogens (tertiary/aromatic N) is 2. The third-order valence-electron chi connectivity index (χ3n) is 5.67. The normalized spacial score (nSPS) is 15.1. The van der Waals surface area contributed by atoms with Gasteiger partial charge in [0.05, 0.1) is 12.3 Å². The van der Waals surface area contributed by atoms with Crippen molar-refractivity contribution in [2.24, 2.45) is 0 Å². The van der Waals surface area contributed by atoms with Crippen LogP contribution in [0.25, 0.3) is 0 Å². The predicted molar refractivity (Wildman–Crippen MR) is 138 cm³/mol. The number of likely N-dealkylation sites (N-methyl/N-ethyl adjacent to an activating group) is 1. The molecular formula is C24H43Cl2N3O3. The van der Waals surface area contributed by atoms with E-state index < -0.39 is 6.09 Å². The average Bonchev–Trinajstić information content (AvgIpc) is 3.02. The maximum atomic E-state index is 12.7. The largest absolute Gasteiger partial charge is 0.491 e. The molecule has 32 heavy (non-hydrogen) atoms. The molecule has 1 unspecified atom stereocenters. The number of amides is 1. The van der Waals surface area contributed by atoms with Crippen LogP contribution >= 0.6 is 24.8 Å². The zero-order chi connectivity index (χ0) is 21.6. The highest BCUT2D eigenvalue weighted by atomic mass is 35.5. The highest BCUT2D eigenvalue weighted by Crippen LogP contribution is 2.24. The molecule has 0 saturated carbocycles. The minimum Gasteiger partial charge on any atom is -0.491 e. The van der Waals surface area contributed by atoms with Crippen LogP contribution < -0.4 is 10.1 Å². The Morgan fingerprint density at radius 2 is 1.72 bits per heavy atom.